The van der Waals surface area contributed by atoms with Crippen molar-refractivity contribution in [3.8, 4) is 0 Å². The van der Waals surface area contributed by atoms with E-state index in [9.17, 15) is 0 Å². The highest BCUT2D eigenvalue weighted by atomic mass is 32.1. The first kappa shape index (κ1) is 8.83. The van der Waals surface area contributed by atoms with Gasteiger partial charge in [0, 0.05) is 6.04 Å². The van der Waals surface area contributed by atoms with Gasteiger partial charge in [0.2, 0.25) is 4.77 Å². The van der Waals surface area contributed by atoms with E-state index >= 15 is 0 Å². The Balaban J connectivity index is 2.06. The highest BCUT2D eigenvalue weighted by Crippen LogP contribution is 2.15. The standard InChI is InChI=1S/C7H13N5S/c1-11-4-2-3-6(11)5-12-7(13)8-9-10-12/h6H,2-5H2,1H3,(H,8,10,13). The summed E-state index contributed by atoms with van der Waals surface area (Å²) in [6.07, 6.45) is 2.51. The van der Waals surface area contributed by atoms with Crippen LogP contribution < -0.4 is 0 Å². The number of aromatic amines is 1. The van der Waals surface area contributed by atoms with Gasteiger partial charge in [-0.15, -0.1) is 0 Å². The van der Waals surface area contributed by atoms with Gasteiger partial charge in [0.05, 0.1) is 6.54 Å². The largest absolute Gasteiger partial charge is 0.302 e. The van der Waals surface area contributed by atoms with Crippen molar-refractivity contribution < 1.29 is 0 Å². The fourth-order valence-corrected chi connectivity index (χ4v) is 1.91. The molecule has 0 aromatic carbocycles. The molecule has 5 nitrogen and oxygen atoms in total. The van der Waals surface area contributed by atoms with Crippen LogP contribution in [0.25, 0.3) is 0 Å². The van der Waals surface area contributed by atoms with Crippen LogP contribution in [0.15, 0.2) is 0 Å². The quantitative estimate of drug-likeness (QED) is 0.702. The lowest BCUT2D eigenvalue weighted by molar-refractivity contribution is 0.272. The smallest absolute Gasteiger partial charge is 0.238 e. The second-order valence-corrected chi connectivity index (χ2v) is 3.83. The Morgan fingerprint density at radius 2 is 2.54 bits per heavy atom. The van der Waals surface area contributed by atoms with Crippen LogP contribution in [0, 0.1) is 4.77 Å². The first-order chi connectivity index (χ1) is 6.27. The zero-order valence-corrected chi connectivity index (χ0v) is 8.42. The van der Waals surface area contributed by atoms with Crippen molar-refractivity contribution in [1.82, 2.24) is 25.1 Å². The summed E-state index contributed by atoms with van der Waals surface area (Å²) in [5.74, 6) is 0. The van der Waals surface area contributed by atoms with Crippen molar-refractivity contribution in [2.45, 2.75) is 25.4 Å². The van der Waals surface area contributed by atoms with Crippen LogP contribution in [0.1, 0.15) is 12.8 Å². The molecule has 13 heavy (non-hydrogen) atoms. The number of likely N-dealkylation sites (tertiary alicyclic amines) is 1. The monoisotopic (exact) mass is 199 g/mol. The second kappa shape index (κ2) is 3.55. The molecule has 1 fully saturated rings. The van der Waals surface area contributed by atoms with Crippen LogP contribution in [-0.2, 0) is 6.54 Å². The fraction of sp³-hybridized carbons (Fsp3) is 0.857. The summed E-state index contributed by atoms with van der Waals surface area (Å²) in [5, 5.41) is 10.2. The number of tetrazole rings is 1. The molecule has 1 saturated heterocycles. The molecule has 2 rings (SSSR count). The lowest BCUT2D eigenvalue weighted by atomic mass is 10.2. The van der Waals surface area contributed by atoms with Crippen LogP contribution in [0.3, 0.4) is 0 Å². The van der Waals surface area contributed by atoms with E-state index in [4.69, 9.17) is 12.2 Å². The van der Waals surface area contributed by atoms with Gasteiger partial charge < -0.3 is 4.90 Å². The topological polar surface area (TPSA) is 49.7 Å². The second-order valence-electron chi connectivity index (χ2n) is 3.47. The average Bonchev–Trinajstić information content (AvgIpc) is 2.65. The maximum Gasteiger partial charge on any atom is 0.238 e. The van der Waals surface area contributed by atoms with Crippen LogP contribution in [0.4, 0.5) is 0 Å². The summed E-state index contributed by atoms with van der Waals surface area (Å²) in [6.45, 7) is 2.06. The third-order valence-electron chi connectivity index (χ3n) is 2.60. The molecule has 0 aliphatic carbocycles. The van der Waals surface area contributed by atoms with Crippen LogP contribution in [0.2, 0.25) is 0 Å². The fourth-order valence-electron chi connectivity index (χ4n) is 1.76. The first-order valence-electron chi connectivity index (χ1n) is 4.45. The molecular formula is C7H13N5S. The number of likely N-dealkylation sites (N-methyl/N-ethyl adjacent to an activating group) is 1. The molecule has 0 bridgehead atoms. The molecule has 0 amide bonds. The predicted octanol–water partition coefficient (Wildman–Crippen LogP) is 0.430. The van der Waals surface area contributed by atoms with Crippen LogP contribution >= 0.6 is 12.2 Å². The molecule has 1 aromatic rings. The van der Waals surface area contributed by atoms with Gasteiger partial charge in [0.15, 0.2) is 0 Å². The first-order valence-corrected chi connectivity index (χ1v) is 4.86. The van der Waals surface area contributed by atoms with Gasteiger partial charge in [-0.25, -0.2) is 4.68 Å². The van der Waals surface area contributed by atoms with Crippen molar-refractivity contribution in [2.75, 3.05) is 13.6 Å². The molecule has 1 unspecified atom stereocenters. The minimum Gasteiger partial charge on any atom is -0.302 e. The molecule has 72 valence electrons. The number of hydrogen-bond donors (Lipinski definition) is 1. The van der Waals surface area contributed by atoms with Gasteiger partial charge in [-0.1, -0.05) is 10.3 Å². The Kier molecular flexibility index (Phi) is 2.41. The predicted molar refractivity (Wildman–Crippen MR) is 50.9 cm³/mol. The van der Waals surface area contributed by atoms with E-state index in [1.54, 1.807) is 0 Å². The number of hydrogen-bond acceptors (Lipinski definition) is 4. The SMILES string of the molecule is CN1CCCC1Cn1[nH]nnc1=S. The molecule has 6 heteroatoms. The van der Waals surface area contributed by atoms with Crippen LogP contribution in [-0.4, -0.2) is 44.7 Å². The lowest BCUT2D eigenvalue weighted by Crippen LogP contribution is -2.29. The van der Waals surface area contributed by atoms with Gasteiger partial charge in [-0.05, 0) is 38.7 Å². The molecular weight excluding hydrogens is 186 g/mol. The third-order valence-corrected chi connectivity index (χ3v) is 2.90. The van der Waals surface area contributed by atoms with Crippen molar-refractivity contribution >= 4 is 12.2 Å². The van der Waals surface area contributed by atoms with Gasteiger partial charge in [-0.2, -0.15) is 5.21 Å². The third kappa shape index (κ3) is 1.78. The Labute approximate surface area is 81.7 Å². The minimum absolute atomic E-state index is 0.542. The molecule has 1 N–H and O–H groups in total. The minimum atomic E-state index is 0.542. The zero-order valence-electron chi connectivity index (χ0n) is 7.60. The summed E-state index contributed by atoms with van der Waals surface area (Å²) < 4.78 is 2.36. The van der Waals surface area contributed by atoms with Gasteiger partial charge >= 0.3 is 0 Å². The zero-order chi connectivity index (χ0) is 9.26. The molecule has 1 aliphatic heterocycles. The lowest BCUT2D eigenvalue weighted by Gasteiger charge is -2.18. The number of nitrogens with zero attached hydrogens (tertiary/aromatic N) is 4. The summed E-state index contributed by atoms with van der Waals surface area (Å²) >= 11 is 5.00. The number of nitrogens with one attached hydrogen (secondary N) is 1. The highest BCUT2D eigenvalue weighted by Gasteiger charge is 2.21. The number of aromatic nitrogens is 4. The van der Waals surface area contributed by atoms with Crippen LogP contribution in [0.5, 0.6) is 0 Å². The maximum absolute atomic E-state index is 5.00. The molecule has 1 aromatic heterocycles. The molecule has 1 atom stereocenters. The van der Waals surface area contributed by atoms with Gasteiger partial charge in [0.25, 0.3) is 0 Å². The van der Waals surface area contributed by atoms with E-state index < -0.39 is 0 Å². The molecule has 0 spiro atoms. The Hall–Kier alpha value is -0.750. The van der Waals surface area contributed by atoms with E-state index in [0.29, 0.717) is 10.8 Å². The molecule has 0 saturated carbocycles. The molecule has 0 radical (unpaired) electrons. The summed E-state index contributed by atoms with van der Waals surface area (Å²) in [5.41, 5.74) is 0. The summed E-state index contributed by atoms with van der Waals surface area (Å²) in [6, 6.07) is 0.578. The van der Waals surface area contributed by atoms with Crippen molar-refractivity contribution in [3.05, 3.63) is 4.77 Å². The van der Waals surface area contributed by atoms with Crippen molar-refractivity contribution in [1.29, 1.82) is 0 Å². The van der Waals surface area contributed by atoms with E-state index in [0.717, 1.165) is 6.54 Å². The molecule has 1 aliphatic rings. The Bertz CT molecular complexity index is 330. The normalized spacial score (nSPS) is 23.9. The summed E-state index contributed by atoms with van der Waals surface area (Å²) in [7, 11) is 2.14. The average molecular weight is 199 g/mol. The Morgan fingerprint density at radius 3 is 3.08 bits per heavy atom. The number of rotatable bonds is 2. The van der Waals surface area contributed by atoms with Gasteiger partial charge in [0.1, 0.15) is 0 Å². The maximum atomic E-state index is 5.00. The Morgan fingerprint density at radius 1 is 1.69 bits per heavy atom. The number of H-pyrrole nitrogens is 1. The van der Waals surface area contributed by atoms with E-state index in [1.165, 1.54) is 19.4 Å². The summed E-state index contributed by atoms with van der Waals surface area (Å²) in [4.78, 5) is 2.35. The highest BCUT2D eigenvalue weighted by molar-refractivity contribution is 7.71. The van der Waals surface area contributed by atoms with E-state index in [1.807, 2.05) is 4.68 Å². The van der Waals surface area contributed by atoms with Crippen molar-refractivity contribution in [3.63, 3.8) is 0 Å². The van der Waals surface area contributed by atoms with Gasteiger partial charge in [-0.3, -0.25) is 0 Å². The van der Waals surface area contributed by atoms with E-state index in [2.05, 4.69) is 27.5 Å². The van der Waals surface area contributed by atoms with Crippen molar-refractivity contribution in [2.24, 2.45) is 0 Å². The molecule has 2 heterocycles. The van der Waals surface area contributed by atoms with E-state index in [-0.39, 0.29) is 0 Å².